The van der Waals surface area contributed by atoms with Crippen LogP contribution in [0.1, 0.15) is 38.1 Å². The lowest BCUT2D eigenvalue weighted by Crippen LogP contribution is -2.30. The summed E-state index contributed by atoms with van der Waals surface area (Å²) in [5, 5.41) is 16.2. The highest BCUT2D eigenvalue weighted by molar-refractivity contribution is 5.99. The molecular formula is C17H21F2N3O2. The largest absolute Gasteiger partial charge is 0.392 e. The van der Waals surface area contributed by atoms with Gasteiger partial charge in [-0.2, -0.15) is 5.10 Å². The van der Waals surface area contributed by atoms with Crippen molar-refractivity contribution in [2.75, 3.05) is 6.54 Å². The molecule has 2 rings (SSSR count). The molecule has 5 nitrogen and oxygen atoms in total. The predicted octanol–water partition coefficient (Wildman–Crippen LogP) is 2.69. The van der Waals surface area contributed by atoms with Crippen LogP contribution in [0.15, 0.2) is 24.4 Å². The van der Waals surface area contributed by atoms with Gasteiger partial charge in [0.25, 0.3) is 5.91 Å². The van der Waals surface area contributed by atoms with Crippen LogP contribution < -0.4 is 5.32 Å². The van der Waals surface area contributed by atoms with E-state index in [-0.39, 0.29) is 23.4 Å². The second kappa shape index (κ2) is 6.68. The van der Waals surface area contributed by atoms with Gasteiger partial charge in [-0.1, -0.05) is 0 Å². The van der Waals surface area contributed by atoms with E-state index >= 15 is 0 Å². The maximum absolute atomic E-state index is 14.1. The Bertz CT molecular complexity index is 749. The molecule has 2 N–H and O–H groups in total. The van der Waals surface area contributed by atoms with Gasteiger partial charge in [0, 0.05) is 24.4 Å². The normalized spacial score (nSPS) is 13.0. The monoisotopic (exact) mass is 337 g/mol. The lowest BCUT2D eigenvalue weighted by atomic mass is 10.1. The van der Waals surface area contributed by atoms with Crippen molar-refractivity contribution in [3.05, 3.63) is 41.6 Å². The van der Waals surface area contributed by atoms with Crippen molar-refractivity contribution in [1.82, 2.24) is 15.1 Å². The number of aromatic nitrogens is 2. The molecule has 0 aliphatic rings. The molecule has 130 valence electrons. The van der Waals surface area contributed by atoms with Gasteiger partial charge in [0.15, 0.2) is 0 Å². The number of nitrogens with one attached hydrogen (secondary N) is 1. The smallest absolute Gasteiger partial charge is 0.255 e. The van der Waals surface area contributed by atoms with Crippen LogP contribution >= 0.6 is 0 Å². The molecule has 0 saturated carbocycles. The van der Waals surface area contributed by atoms with E-state index in [9.17, 15) is 18.7 Å². The first-order valence-corrected chi connectivity index (χ1v) is 7.61. The highest BCUT2D eigenvalue weighted by Crippen LogP contribution is 2.28. The van der Waals surface area contributed by atoms with Gasteiger partial charge in [-0.3, -0.25) is 9.48 Å². The summed E-state index contributed by atoms with van der Waals surface area (Å²) in [6.07, 6.45) is 0.813. The Balaban J connectivity index is 2.52. The first kappa shape index (κ1) is 18.1. The molecule has 0 radical (unpaired) electrons. The Morgan fingerprint density at radius 1 is 1.38 bits per heavy atom. The summed E-state index contributed by atoms with van der Waals surface area (Å²) in [6, 6.07) is 3.13. The van der Waals surface area contributed by atoms with Gasteiger partial charge in [0.1, 0.15) is 17.3 Å². The molecule has 7 heteroatoms. The molecule has 1 amide bonds. The van der Waals surface area contributed by atoms with Crippen molar-refractivity contribution in [1.29, 1.82) is 0 Å². The van der Waals surface area contributed by atoms with Gasteiger partial charge in [-0.25, -0.2) is 8.78 Å². The zero-order valence-corrected chi connectivity index (χ0v) is 14.1. The van der Waals surface area contributed by atoms with Crippen LogP contribution in [0.4, 0.5) is 8.78 Å². The third kappa shape index (κ3) is 3.97. The Morgan fingerprint density at radius 2 is 2.04 bits per heavy atom. The van der Waals surface area contributed by atoms with Crippen LogP contribution in [0.2, 0.25) is 0 Å². The molecule has 1 aromatic carbocycles. The molecule has 0 bridgehead atoms. The van der Waals surface area contributed by atoms with Crippen molar-refractivity contribution in [3.63, 3.8) is 0 Å². The average molecular weight is 337 g/mol. The minimum absolute atomic E-state index is 0.0431. The Kier molecular flexibility index (Phi) is 5.03. The fraction of sp³-hybridized carbons (Fsp3) is 0.412. The number of carbonyl (C=O) groups excluding carboxylic acids is 1. The van der Waals surface area contributed by atoms with E-state index in [1.165, 1.54) is 12.3 Å². The van der Waals surface area contributed by atoms with E-state index in [0.29, 0.717) is 0 Å². The van der Waals surface area contributed by atoms with Gasteiger partial charge in [-0.15, -0.1) is 0 Å². The van der Waals surface area contributed by atoms with E-state index in [1.807, 2.05) is 20.8 Å². The summed E-state index contributed by atoms with van der Waals surface area (Å²) in [6.45, 7) is 7.27. The van der Waals surface area contributed by atoms with Crippen molar-refractivity contribution in [2.24, 2.45) is 0 Å². The number of aliphatic hydroxyl groups is 1. The minimum Gasteiger partial charge on any atom is -0.392 e. The predicted molar refractivity (Wildman–Crippen MR) is 86.6 cm³/mol. The van der Waals surface area contributed by atoms with Crippen LogP contribution in [0, 0.1) is 11.6 Å². The number of hydrogen-bond acceptors (Lipinski definition) is 3. The Hall–Kier alpha value is -2.28. The molecule has 0 aliphatic heterocycles. The fourth-order valence-electron chi connectivity index (χ4n) is 2.10. The highest BCUT2D eigenvalue weighted by atomic mass is 19.1. The van der Waals surface area contributed by atoms with E-state index in [2.05, 4.69) is 10.4 Å². The second-order valence-corrected chi connectivity index (χ2v) is 6.69. The summed E-state index contributed by atoms with van der Waals surface area (Å²) in [7, 11) is 0. The topological polar surface area (TPSA) is 67.2 Å². The SMILES string of the molecule is CC(O)CNC(=O)c1cn(C(C)(C)C)nc1-c1ccc(F)cc1F. The molecule has 0 saturated heterocycles. The number of carbonyl (C=O) groups is 1. The van der Waals surface area contributed by atoms with Gasteiger partial charge in [0.2, 0.25) is 0 Å². The zero-order valence-electron chi connectivity index (χ0n) is 14.1. The lowest BCUT2D eigenvalue weighted by Gasteiger charge is -2.18. The summed E-state index contributed by atoms with van der Waals surface area (Å²) in [4.78, 5) is 12.4. The number of aliphatic hydroxyl groups excluding tert-OH is 1. The standard InChI is InChI=1S/C17H21F2N3O2/c1-10(23)8-20-16(24)13-9-22(17(2,3)4)21-15(13)12-6-5-11(18)7-14(12)19/h5-7,9-10,23H,8H2,1-4H3,(H,20,24). The summed E-state index contributed by atoms with van der Waals surface area (Å²) < 4.78 is 28.9. The van der Waals surface area contributed by atoms with Crippen molar-refractivity contribution in [3.8, 4) is 11.3 Å². The second-order valence-electron chi connectivity index (χ2n) is 6.69. The van der Waals surface area contributed by atoms with Crippen molar-refractivity contribution >= 4 is 5.91 Å². The number of halogens is 2. The summed E-state index contributed by atoms with van der Waals surface area (Å²) >= 11 is 0. The van der Waals surface area contributed by atoms with Gasteiger partial charge in [0.05, 0.1) is 17.2 Å². The molecule has 1 heterocycles. The van der Waals surface area contributed by atoms with Crippen molar-refractivity contribution < 1.29 is 18.7 Å². The van der Waals surface area contributed by atoms with Crippen molar-refractivity contribution in [2.45, 2.75) is 39.3 Å². The average Bonchev–Trinajstić information content (AvgIpc) is 2.89. The third-order valence-electron chi connectivity index (χ3n) is 3.39. The molecule has 1 atom stereocenters. The van der Waals surface area contributed by atoms with E-state index in [1.54, 1.807) is 11.6 Å². The van der Waals surface area contributed by atoms with E-state index in [4.69, 9.17) is 0 Å². The zero-order chi connectivity index (χ0) is 18.1. The molecular weight excluding hydrogens is 316 g/mol. The van der Waals surface area contributed by atoms with Crippen LogP contribution in [0.5, 0.6) is 0 Å². The summed E-state index contributed by atoms with van der Waals surface area (Å²) in [5.41, 5.74) is -0.0863. The maximum atomic E-state index is 14.1. The molecule has 2 aromatic rings. The molecule has 24 heavy (non-hydrogen) atoms. The first-order chi connectivity index (χ1) is 11.1. The number of rotatable bonds is 4. The molecule has 1 unspecified atom stereocenters. The van der Waals surface area contributed by atoms with Gasteiger partial charge < -0.3 is 10.4 Å². The lowest BCUT2D eigenvalue weighted by molar-refractivity contribution is 0.0924. The summed E-state index contributed by atoms with van der Waals surface area (Å²) in [5.74, 6) is -1.98. The van der Waals surface area contributed by atoms with Gasteiger partial charge >= 0.3 is 0 Å². The number of amides is 1. The molecule has 0 fully saturated rings. The third-order valence-corrected chi connectivity index (χ3v) is 3.39. The van der Waals surface area contributed by atoms with Gasteiger partial charge in [-0.05, 0) is 39.8 Å². The Morgan fingerprint density at radius 3 is 2.58 bits per heavy atom. The number of benzene rings is 1. The first-order valence-electron chi connectivity index (χ1n) is 7.61. The van der Waals surface area contributed by atoms with Crippen LogP contribution in [0.3, 0.4) is 0 Å². The fourth-order valence-corrected chi connectivity index (χ4v) is 2.10. The minimum atomic E-state index is -0.793. The number of hydrogen-bond donors (Lipinski definition) is 2. The van der Waals surface area contributed by atoms with Crippen LogP contribution in [-0.2, 0) is 5.54 Å². The Labute approximate surface area is 139 Å². The molecule has 0 spiro atoms. The molecule has 0 aliphatic carbocycles. The molecule has 1 aromatic heterocycles. The van der Waals surface area contributed by atoms with Crippen LogP contribution in [-0.4, -0.2) is 33.4 Å². The maximum Gasteiger partial charge on any atom is 0.255 e. The number of nitrogens with zero attached hydrogens (tertiary/aromatic N) is 2. The van der Waals surface area contributed by atoms with E-state index < -0.39 is 29.2 Å². The van der Waals surface area contributed by atoms with E-state index in [0.717, 1.165) is 12.1 Å². The quantitative estimate of drug-likeness (QED) is 0.901. The highest BCUT2D eigenvalue weighted by Gasteiger charge is 2.24. The van der Waals surface area contributed by atoms with Crippen LogP contribution in [0.25, 0.3) is 11.3 Å².